The summed E-state index contributed by atoms with van der Waals surface area (Å²) in [4.78, 5) is 12.2. The van der Waals surface area contributed by atoms with Crippen molar-refractivity contribution in [1.82, 2.24) is 10.6 Å². The van der Waals surface area contributed by atoms with Crippen molar-refractivity contribution in [1.29, 1.82) is 0 Å². The van der Waals surface area contributed by atoms with Crippen molar-refractivity contribution in [3.8, 4) is 0 Å². The van der Waals surface area contributed by atoms with E-state index in [1.165, 1.54) is 6.92 Å². The predicted octanol–water partition coefficient (Wildman–Crippen LogP) is 1.94. The Morgan fingerprint density at radius 2 is 2.12 bits per heavy atom. The molecule has 1 aromatic rings. The lowest BCUT2D eigenvalue weighted by atomic mass is 9.82. The van der Waals surface area contributed by atoms with Crippen LogP contribution >= 0.6 is 12.2 Å². The number of carbonyl (C=O) groups is 1. The van der Waals surface area contributed by atoms with Gasteiger partial charge in [0.1, 0.15) is 5.92 Å². The Morgan fingerprint density at radius 1 is 1.46 bits per heavy atom. The van der Waals surface area contributed by atoms with Crippen LogP contribution < -0.4 is 10.6 Å². The molecular formula is C15H17F3N2O3S. The zero-order valence-electron chi connectivity index (χ0n) is 13.0. The van der Waals surface area contributed by atoms with Gasteiger partial charge in [-0.3, -0.25) is 4.79 Å². The molecule has 1 heterocycles. The molecule has 1 fully saturated rings. The summed E-state index contributed by atoms with van der Waals surface area (Å²) < 4.78 is 45.3. The second-order valence-electron chi connectivity index (χ2n) is 5.48. The van der Waals surface area contributed by atoms with Crippen LogP contribution in [0, 0.1) is 12.8 Å². The van der Waals surface area contributed by atoms with Crippen LogP contribution in [0.3, 0.4) is 0 Å². The molecule has 0 aliphatic carbocycles. The molecule has 3 atom stereocenters. The highest BCUT2D eigenvalue weighted by Crippen LogP contribution is 2.43. The topological polar surface area (TPSA) is 70.6 Å². The van der Waals surface area contributed by atoms with E-state index in [4.69, 9.17) is 17.0 Å². The van der Waals surface area contributed by atoms with Gasteiger partial charge in [0.2, 0.25) is 0 Å². The van der Waals surface area contributed by atoms with Crippen molar-refractivity contribution in [3.63, 3.8) is 0 Å². The average Bonchev–Trinajstić information content (AvgIpc) is 2.45. The minimum Gasteiger partial charge on any atom is -0.466 e. The van der Waals surface area contributed by atoms with Crippen LogP contribution in [-0.4, -0.2) is 34.7 Å². The van der Waals surface area contributed by atoms with Gasteiger partial charge in [0.05, 0.1) is 12.6 Å². The maximum absolute atomic E-state index is 13.5. The summed E-state index contributed by atoms with van der Waals surface area (Å²) in [6.45, 7) is 3.12. The Bertz CT molecular complexity index is 653. The molecule has 9 heteroatoms. The van der Waals surface area contributed by atoms with Gasteiger partial charge in [-0.15, -0.1) is 0 Å². The smallest absolute Gasteiger partial charge is 0.437 e. The first kappa shape index (κ1) is 18.5. The molecule has 1 aromatic carbocycles. The number of hydrogen-bond acceptors (Lipinski definition) is 4. The fraction of sp³-hybridized carbons (Fsp3) is 0.467. The summed E-state index contributed by atoms with van der Waals surface area (Å²) >= 11 is 4.80. The summed E-state index contributed by atoms with van der Waals surface area (Å²) in [5.41, 5.74) is -2.35. The highest BCUT2D eigenvalue weighted by molar-refractivity contribution is 7.80. The van der Waals surface area contributed by atoms with Gasteiger partial charge in [0.25, 0.3) is 5.72 Å². The summed E-state index contributed by atoms with van der Waals surface area (Å²) in [5.74, 6) is -3.14. The molecule has 0 radical (unpaired) electrons. The molecule has 1 saturated heterocycles. The molecular weight excluding hydrogens is 345 g/mol. The van der Waals surface area contributed by atoms with Crippen molar-refractivity contribution in [3.05, 3.63) is 35.4 Å². The number of carbonyl (C=O) groups excluding carboxylic acids is 1. The van der Waals surface area contributed by atoms with E-state index >= 15 is 0 Å². The lowest BCUT2D eigenvalue weighted by molar-refractivity contribution is -0.292. The molecule has 3 N–H and O–H groups in total. The Morgan fingerprint density at radius 3 is 2.67 bits per heavy atom. The van der Waals surface area contributed by atoms with E-state index in [1.54, 1.807) is 36.5 Å². The number of halogens is 3. The van der Waals surface area contributed by atoms with Gasteiger partial charge < -0.3 is 20.5 Å². The quantitative estimate of drug-likeness (QED) is 0.564. The van der Waals surface area contributed by atoms with Crippen molar-refractivity contribution >= 4 is 23.3 Å². The fourth-order valence-electron chi connectivity index (χ4n) is 2.68. The van der Waals surface area contributed by atoms with Crippen LogP contribution in [0.2, 0.25) is 0 Å². The number of hydrogen-bond donors (Lipinski definition) is 3. The van der Waals surface area contributed by atoms with Crippen LogP contribution in [0.15, 0.2) is 24.3 Å². The summed E-state index contributed by atoms with van der Waals surface area (Å²) in [6.07, 6.45) is -5.14. The zero-order valence-corrected chi connectivity index (χ0v) is 13.8. The number of alkyl halides is 3. The molecule has 1 aliphatic heterocycles. The van der Waals surface area contributed by atoms with Crippen LogP contribution in [-0.2, 0) is 9.53 Å². The van der Waals surface area contributed by atoms with E-state index in [0.29, 0.717) is 5.56 Å². The van der Waals surface area contributed by atoms with Gasteiger partial charge in [-0.1, -0.05) is 29.8 Å². The highest BCUT2D eigenvalue weighted by Gasteiger charge is 2.66. The van der Waals surface area contributed by atoms with E-state index < -0.39 is 34.9 Å². The van der Waals surface area contributed by atoms with Crippen LogP contribution in [0.4, 0.5) is 13.2 Å². The molecule has 0 amide bonds. The lowest BCUT2D eigenvalue weighted by Crippen LogP contribution is -2.73. The number of thiocarbonyl (C=S) groups is 1. The molecule has 0 bridgehead atoms. The monoisotopic (exact) mass is 362 g/mol. The van der Waals surface area contributed by atoms with Gasteiger partial charge in [0.15, 0.2) is 5.11 Å². The summed E-state index contributed by atoms with van der Waals surface area (Å²) in [6, 6.07) is 5.39. The largest absolute Gasteiger partial charge is 0.466 e. The summed E-state index contributed by atoms with van der Waals surface area (Å²) in [5, 5.41) is 14.3. The van der Waals surface area contributed by atoms with Crippen molar-refractivity contribution in [2.75, 3.05) is 6.61 Å². The number of aryl methyl sites for hydroxylation is 1. The molecule has 5 nitrogen and oxygen atoms in total. The molecule has 0 aromatic heterocycles. The number of aliphatic hydroxyl groups is 1. The Hall–Kier alpha value is -1.87. The number of ether oxygens (including phenoxy) is 1. The van der Waals surface area contributed by atoms with Gasteiger partial charge in [0, 0.05) is 0 Å². The van der Waals surface area contributed by atoms with Gasteiger partial charge >= 0.3 is 12.1 Å². The van der Waals surface area contributed by atoms with E-state index in [1.807, 2.05) is 0 Å². The predicted molar refractivity (Wildman–Crippen MR) is 83.9 cm³/mol. The SMILES string of the molecule is CCOC(=O)[C@@H]1[C@@H](c2cccc(C)c2)NC(=S)N[C@]1(O)C(F)(F)F. The standard InChI is InChI=1S/C15H17F3N2O3S/c1-3-23-12(21)10-11(9-6-4-5-8(2)7-9)19-13(24)20-14(10,22)15(16,17)18/h4-7,10-11,22H,3H2,1-2H3,(H2,19,20,24)/t10-,11+,14+/m0/s1. The molecule has 132 valence electrons. The molecule has 0 unspecified atom stereocenters. The van der Waals surface area contributed by atoms with Gasteiger partial charge in [-0.25, -0.2) is 0 Å². The van der Waals surface area contributed by atoms with Crippen LogP contribution in [0.5, 0.6) is 0 Å². The van der Waals surface area contributed by atoms with E-state index in [9.17, 15) is 23.1 Å². The van der Waals surface area contributed by atoms with E-state index in [2.05, 4.69) is 5.32 Å². The molecule has 1 aliphatic rings. The zero-order chi connectivity index (χ0) is 18.1. The molecule has 2 rings (SSSR count). The third-order valence-corrected chi connectivity index (χ3v) is 3.97. The highest BCUT2D eigenvalue weighted by atomic mass is 32.1. The minimum absolute atomic E-state index is 0.117. The Kier molecular flexibility index (Phi) is 5.05. The second-order valence-corrected chi connectivity index (χ2v) is 5.89. The fourth-order valence-corrected chi connectivity index (χ4v) is 2.96. The molecule has 0 saturated carbocycles. The normalized spacial score (nSPS) is 27.2. The maximum atomic E-state index is 13.5. The number of benzene rings is 1. The van der Waals surface area contributed by atoms with Crippen molar-refractivity contribution < 1.29 is 27.8 Å². The Labute approximate surface area is 142 Å². The van der Waals surface area contributed by atoms with Crippen molar-refractivity contribution in [2.24, 2.45) is 5.92 Å². The third-order valence-electron chi connectivity index (χ3n) is 3.75. The third kappa shape index (κ3) is 3.32. The van der Waals surface area contributed by atoms with Gasteiger partial charge in [-0.2, -0.15) is 13.2 Å². The minimum atomic E-state index is -5.14. The molecule has 0 spiro atoms. The Balaban J connectivity index is 2.57. The van der Waals surface area contributed by atoms with Crippen molar-refractivity contribution in [2.45, 2.75) is 31.8 Å². The number of esters is 1. The maximum Gasteiger partial charge on any atom is 0.437 e. The molecule has 24 heavy (non-hydrogen) atoms. The summed E-state index contributed by atoms with van der Waals surface area (Å²) in [7, 11) is 0. The number of nitrogens with one attached hydrogen (secondary N) is 2. The first-order valence-electron chi connectivity index (χ1n) is 7.21. The number of rotatable bonds is 3. The van der Waals surface area contributed by atoms with Gasteiger partial charge in [-0.05, 0) is 31.6 Å². The van der Waals surface area contributed by atoms with Crippen LogP contribution in [0.25, 0.3) is 0 Å². The first-order chi connectivity index (χ1) is 11.1. The van der Waals surface area contributed by atoms with E-state index in [0.717, 1.165) is 5.56 Å². The van der Waals surface area contributed by atoms with E-state index in [-0.39, 0.29) is 6.61 Å². The second kappa shape index (κ2) is 6.56. The average molecular weight is 362 g/mol. The van der Waals surface area contributed by atoms with Crippen LogP contribution in [0.1, 0.15) is 24.1 Å². The first-order valence-corrected chi connectivity index (χ1v) is 7.62. The lowest BCUT2D eigenvalue weighted by Gasteiger charge is -2.45.